The van der Waals surface area contributed by atoms with E-state index < -0.39 is 0 Å². The average Bonchev–Trinajstić information content (AvgIpc) is 2.54. The van der Waals surface area contributed by atoms with Crippen molar-refractivity contribution < 1.29 is 4.74 Å². The summed E-state index contributed by atoms with van der Waals surface area (Å²) in [5.41, 5.74) is 4.00. The highest BCUT2D eigenvalue weighted by atomic mass is 32.1. The molecular weight excluding hydrogens is 196 g/mol. The lowest BCUT2D eigenvalue weighted by Gasteiger charge is -2.22. The quantitative estimate of drug-likeness (QED) is 0.582. The van der Waals surface area contributed by atoms with Gasteiger partial charge in [-0.05, 0) is 37.8 Å². The van der Waals surface area contributed by atoms with E-state index in [1.54, 1.807) is 11.3 Å². The Morgan fingerprint density at radius 2 is 2.36 bits per heavy atom. The zero-order valence-electron chi connectivity index (χ0n) is 8.91. The number of rotatable bonds is 5. The Morgan fingerprint density at radius 3 is 2.79 bits per heavy atom. The molecule has 1 heterocycles. The van der Waals surface area contributed by atoms with Crippen LogP contribution >= 0.6 is 11.3 Å². The first-order valence-corrected chi connectivity index (χ1v) is 5.69. The van der Waals surface area contributed by atoms with Crippen molar-refractivity contribution in [3.63, 3.8) is 0 Å². The van der Waals surface area contributed by atoms with Gasteiger partial charge in [0.1, 0.15) is 0 Å². The fraction of sp³-hybridized carbons (Fsp3) is 0.600. The number of nitrogens with one attached hydrogen (secondary N) is 1. The SMILES string of the molecule is CCOC(C)C(NN)c1csc(C)c1. The second kappa shape index (κ2) is 5.46. The monoisotopic (exact) mass is 214 g/mol. The first-order valence-electron chi connectivity index (χ1n) is 4.81. The number of hydrogen-bond donors (Lipinski definition) is 2. The zero-order chi connectivity index (χ0) is 10.6. The molecule has 0 radical (unpaired) electrons. The van der Waals surface area contributed by atoms with Gasteiger partial charge in [-0.1, -0.05) is 0 Å². The molecule has 0 aliphatic rings. The molecule has 1 aromatic heterocycles. The van der Waals surface area contributed by atoms with Gasteiger partial charge in [-0.15, -0.1) is 11.3 Å². The van der Waals surface area contributed by atoms with Crippen molar-refractivity contribution in [2.45, 2.75) is 32.9 Å². The summed E-state index contributed by atoms with van der Waals surface area (Å²) in [6.45, 7) is 6.82. The van der Waals surface area contributed by atoms with Crippen LogP contribution in [-0.4, -0.2) is 12.7 Å². The van der Waals surface area contributed by atoms with Crippen LogP contribution in [0.5, 0.6) is 0 Å². The molecule has 0 bridgehead atoms. The Labute approximate surface area is 89.2 Å². The van der Waals surface area contributed by atoms with Crippen molar-refractivity contribution in [1.82, 2.24) is 5.43 Å². The predicted molar refractivity (Wildman–Crippen MR) is 60.2 cm³/mol. The predicted octanol–water partition coefficient (Wildman–Crippen LogP) is 1.99. The maximum Gasteiger partial charge on any atom is 0.0754 e. The van der Waals surface area contributed by atoms with Crippen LogP contribution in [0, 0.1) is 6.92 Å². The van der Waals surface area contributed by atoms with E-state index in [4.69, 9.17) is 10.6 Å². The summed E-state index contributed by atoms with van der Waals surface area (Å²) in [5.74, 6) is 5.52. The molecule has 14 heavy (non-hydrogen) atoms. The van der Waals surface area contributed by atoms with Gasteiger partial charge in [0.25, 0.3) is 0 Å². The molecule has 0 spiro atoms. The third-order valence-electron chi connectivity index (χ3n) is 2.19. The highest BCUT2D eigenvalue weighted by Gasteiger charge is 2.18. The smallest absolute Gasteiger partial charge is 0.0754 e. The highest BCUT2D eigenvalue weighted by Crippen LogP contribution is 2.23. The molecule has 2 atom stereocenters. The van der Waals surface area contributed by atoms with Crippen molar-refractivity contribution in [3.05, 3.63) is 21.9 Å². The van der Waals surface area contributed by atoms with E-state index in [9.17, 15) is 0 Å². The molecule has 0 fully saturated rings. The van der Waals surface area contributed by atoms with Crippen LogP contribution in [0.1, 0.15) is 30.3 Å². The number of thiophene rings is 1. The average molecular weight is 214 g/mol. The summed E-state index contributed by atoms with van der Waals surface area (Å²) in [4.78, 5) is 1.30. The summed E-state index contributed by atoms with van der Waals surface area (Å²) in [5, 5.41) is 2.12. The highest BCUT2D eigenvalue weighted by molar-refractivity contribution is 7.10. The van der Waals surface area contributed by atoms with Crippen molar-refractivity contribution in [2.24, 2.45) is 5.84 Å². The maximum atomic E-state index is 5.52. The van der Waals surface area contributed by atoms with E-state index in [0.29, 0.717) is 6.61 Å². The summed E-state index contributed by atoms with van der Waals surface area (Å²) >= 11 is 1.73. The van der Waals surface area contributed by atoms with E-state index in [0.717, 1.165) is 0 Å². The number of hydrazine groups is 1. The molecule has 80 valence electrons. The van der Waals surface area contributed by atoms with Gasteiger partial charge in [0.05, 0.1) is 12.1 Å². The number of nitrogens with two attached hydrogens (primary N) is 1. The molecule has 0 saturated heterocycles. The van der Waals surface area contributed by atoms with E-state index in [1.165, 1.54) is 10.4 Å². The van der Waals surface area contributed by atoms with Crippen molar-refractivity contribution in [2.75, 3.05) is 6.61 Å². The van der Waals surface area contributed by atoms with Gasteiger partial charge < -0.3 is 4.74 Å². The van der Waals surface area contributed by atoms with E-state index in [2.05, 4.69) is 23.8 Å². The lowest BCUT2D eigenvalue weighted by atomic mass is 10.1. The van der Waals surface area contributed by atoms with E-state index in [1.807, 2.05) is 13.8 Å². The van der Waals surface area contributed by atoms with Crippen molar-refractivity contribution in [1.29, 1.82) is 0 Å². The van der Waals surface area contributed by atoms with Crippen LogP contribution in [0.3, 0.4) is 0 Å². The van der Waals surface area contributed by atoms with Crippen molar-refractivity contribution in [3.8, 4) is 0 Å². The number of hydrogen-bond acceptors (Lipinski definition) is 4. The van der Waals surface area contributed by atoms with Gasteiger partial charge in [0, 0.05) is 11.5 Å². The zero-order valence-corrected chi connectivity index (χ0v) is 9.73. The Bertz CT molecular complexity index is 275. The fourth-order valence-corrected chi connectivity index (χ4v) is 2.23. The normalized spacial score (nSPS) is 15.4. The van der Waals surface area contributed by atoms with Crippen LogP contribution in [0.2, 0.25) is 0 Å². The standard InChI is InChI=1S/C10H18N2OS/c1-4-13-8(3)10(12-11)9-5-7(2)14-6-9/h5-6,8,10,12H,4,11H2,1-3H3. The molecule has 0 aromatic carbocycles. The largest absolute Gasteiger partial charge is 0.377 e. The molecule has 3 N–H and O–H groups in total. The Morgan fingerprint density at radius 1 is 1.64 bits per heavy atom. The second-order valence-electron chi connectivity index (χ2n) is 3.30. The lowest BCUT2D eigenvalue weighted by molar-refractivity contribution is 0.0473. The van der Waals surface area contributed by atoms with Gasteiger partial charge in [-0.25, -0.2) is 0 Å². The molecule has 3 nitrogen and oxygen atoms in total. The first-order chi connectivity index (χ1) is 6.69. The minimum Gasteiger partial charge on any atom is -0.377 e. The topological polar surface area (TPSA) is 47.3 Å². The summed E-state index contributed by atoms with van der Waals surface area (Å²) < 4.78 is 5.52. The van der Waals surface area contributed by atoms with Crippen LogP contribution in [0.25, 0.3) is 0 Å². The molecule has 0 aliphatic carbocycles. The fourth-order valence-electron chi connectivity index (χ4n) is 1.49. The molecule has 1 aromatic rings. The summed E-state index contributed by atoms with van der Waals surface area (Å²) in [6.07, 6.45) is 0.0963. The van der Waals surface area contributed by atoms with Gasteiger partial charge in [-0.2, -0.15) is 0 Å². The Hall–Kier alpha value is -0.420. The van der Waals surface area contributed by atoms with E-state index in [-0.39, 0.29) is 12.1 Å². The third-order valence-corrected chi connectivity index (χ3v) is 3.07. The summed E-state index contributed by atoms with van der Waals surface area (Å²) in [6, 6.07) is 2.23. The summed E-state index contributed by atoms with van der Waals surface area (Å²) in [7, 11) is 0. The molecule has 1 rings (SSSR count). The van der Waals surface area contributed by atoms with Crippen molar-refractivity contribution >= 4 is 11.3 Å². The van der Waals surface area contributed by atoms with Crippen LogP contribution < -0.4 is 11.3 Å². The second-order valence-corrected chi connectivity index (χ2v) is 4.41. The molecule has 0 aliphatic heterocycles. The lowest BCUT2D eigenvalue weighted by Crippen LogP contribution is -2.36. The molecule has 0 amide bonds. The maximum absolute atomic E-state index is 5.52. The minimum absolute atomic E-state index is 0.0832. The molecule has 0 saturated carbocycles. The third kappa shape index (κ3) is 2.78. The van der Waals surface area contributed by atoms with Crippen LogP contribution in [0.15, 0.2) is 11.4 Å². The minimum atomic E-state index is 0.0832. The van der Waals surface area contributed by atoms with Gasteiger partial charge in [0.15, 0.2) is 0 Å². The molecule has 4 heteroatoms. The van der Waals surface area contributed by atoms with Gasteiger partial charge >= 0.3 is 0 Å². The number of aryl methyl sites for hydroxylation is 1. The van der Waals surface area contributed by atoms with E-state index >= 15 is 0 Å². The van der Waals surface area contributed by atoms with Crippen LogP contribution in [0.4, 0.5) is 0 Å². The van der Waals surface area contributed by atoms with Gasteiger partial charge in [-0.3, -0.25) is 11.3 Å². The van der Waals surface area contributed by atoms with Crippen LogP contribution in [-0.2, 0) is 4.74 Å². The number of ether oxygens (including phenoxy) is 1. The molecule has 2 unspecified atom stereocenters. The first kappa shape index (κ1) is 11.7. The Kier molecular flexibility index (Phi) is 4.54. The Balaban J connectivity index is 2.71. The van der Waals surface area contributed by atoms with Gasteiger partial charge in [0.2, 0.25) is 0 Å². The molecular formula is C10H18N2OS.